The van der Waals surface area contributed by atoms with Crippen molar-refractivity contribution in [3.63, 3.8) is 0 Å². The van der Waals surface area contributed by atoms with E-state index < -0.39 is 0 Å². The van der Waals surface area contributed by atoms with Gasteiger partial charge in [0.05, 0.1) is 23.7 Å². The third kappa shape index (κ3) is 4.42. The van der Waals surface area contributed by atoms with Crippen molar-refractivity contribution >= 4 is 49.9 Å². The molecule has 34 heavy (non-hydrogen) atoms. The topological polar surface area (TPSA) is 78.5 Å². The Morgan fingerprint density at radius 3 is 2.71 bits per heavy atom. The maximum Gasteiger partial charge on any atom is 0.325 e. The van der Waals surface area contributed by atoms with Crippen LogP contribution in [0.5, 0.6) is 0 Å². The van der Waals surface area contributed by atoms with Crippen molar-refractivity contribution in [2.45, 2.75) is 46.6 Å². The highest BCUT2D eigenvalue weighted by Gasteiger charge is 2.18. The minimum absolute atomic E-state index is 0.0455. The molecule has 7 nitrogen and oxygen atoms in total. The molecule has 0 spiro atoms. The molecule has 0 N–H and O–H groups in total. The molecule has 0 radical (unpaired) electrons. The summed E-state index contributed by atoms with van der Waals surface area (Å²) < 4.78 is 9.29. The molecule has 0 aliphatic heterocycles. The van der Waals surface area contributed by atoms with Gasteiger partial charge < -0.3 is 9.30 Å². The third-order valence-electron chi connectivity index (χ3n) is 6.06. The normalized spacial score (nSPS) is 12.6. The zero-order chi connectivity index (χ0) is 24.4. The van der Waals surface area contributed by atoms with E-state index in [2.05, 4.69) is 28.0 Å². The summed E-state index contributed by atoms with van der Waals surface area (Å²) in [5, 5.41) is 6.08. The summed E-state index contributed by atoms with van der Waals surface area (Å²) in [5.74, 6) is 0.366. The fraction of sp³-hybridized carbons (Fsp3) is 0.308. The lowest BCUT2D eigenvalue weighted by atomic mass is 10.1. The summed E-state index contributed by atoms with van der Waals surface area (Å²) in [7, 11) is 0. The number of ether oxygens (including phenoxy) is 1. The van der Waals surface area contributed by atoms with E-state index in [9.17, 15) is 9.59 Å². The van der Waals surface area contributed by atoms with Gasteiger partial charge in [0.15, 0.2) is 0 Å². The van der Waals surface area contributed by atoms with E-state index in [0.29, 0.717) is 23.3 Å². The Labute approximate surface area is 206 Å². The van der Waals surface area contributed by atoms with Gasteiger partial charge in [-0.2, -0.15) is 9.78 Å². The van der Waals surface area contributed by atoms with Crippen molar-refractivity contribution in [2.24, 2.45) is 5.10 Å². The van der Waals surface area contributed by atoms with Crippen molar-refractivity contribution in [3.8, 4) is 0 Å². The number of carbonyl (C=O) groups is 1. The van der Waals surface area contributed by atoms with Gasteiger partial charge in [-0.05, 0) is 44.5 Å². The molecule has 4 aromatic rings. The molecule has 8 heteroatoms. The van der Waals surface area contributed by atoms with Crippen molar-refractivity contribution in [3.05, 3.63) is 74.4 Å². The largest absolute Gasteiger partial charge is 0.465 e. The van der Waals surface area contributed by atoms with Crippen molar-refractivity contribution < 1.29 is 9.53 Å². The number of hydrogen-bond acceptors (Lipinski definition) is 5. The molecule has 0 fully saturated rings. The molecule has 0 saturated heterocycles. The number of hydrogen-bond donors (Lipinski definition) is 0. The molecule has 4 rings (SSSR count). The van der Waals surface area contributed by atoms with Crippen LogP contribution in [0.15, 0.2) is 56.8 Å². The predicted octanol–water partition coefficient (Wildman–Crippen LogP) is 5.38. The van der Waals surface area contributed by atoms with Gasteiger partial charge in [0.25, 0.3) is 5.56 Å². The van der Waals surface area contributed by atoms with Crippen LogP contribution in [0.2, 0.25) is 0 Å². The van der Waals surface area contributed by atoms with Gasteiger partial charge >= 0.3 is 5.97 Å². The minimum Gasteiger partial charge on any atom is -0.465 e. The number of benzene rings is 2. The number of aromatic nitrogens is 3. The van der Waals surface area contributed by atoms with E-state index in [1.165, 1.54) is 4.68 Å². The molecule has 0 aliphatic carbocycles. The van der Waals surface area contributed by atoms with Crippen molar-refractivity contribution in [2.75, 3.05) is 6.61 Å². The molecule has 2 aromatic heterocycles. The highest BCUT2D eigenvalue weighted by atomic mass is 79.9. The molecule has 2 aromatic carbocycles. The van der Waals surface area contributed by atoms with Crippen LogP contribution in [0, 0.1) is 6.92 Å². The van der Waals surface area contributed by atoms with Crippen LogP contribution in [0.25, 0.3) is 21.8 Å². The highest BCUT2D eigenvalue weighted by molar-refractivity contribution is 9.10. The van der Waals surface area contributed by atoms with Crippen LogP contribution in [0.4, 0.5) is 0 Å². The van der Waals surface area contributed by atoms with Crippen molar-refractivity contribution in [1.82, 2.24) is 14.2 Å². The van der Waals surface area contributed by atoms with E-state index in [-0.39, 0.29) is 24.0 Å². The second kappa shape index (κ2) is 9.93. The molecule has 0 amide bonds. The average Bonchev–Trinajstić information content (AvgIpc) is 3.09. The van der Waals surface area contributed by atoms with E-state index in [1.807, 2.05) is 54.8 Å². The van der Waals surface area contributed by atoms with E-state index in [0.717, 1.165) is 33.1 Å². The first-order chi connectivity index (χ1) is 16.3. The molecule has 1 atom stereocenters. The Morgan fingerprint density at radius 1 is 1.21 bits per heavy atom. The Morgan fingerprint density at radius 2 is 1.97 bits per heavy atom. The van der Waals surface area contributed by atoms with Gasteiger partial charge in [-0.3, -0.25) is 9.59 Å². The van der Waals surface area contributed by atoms with Gasteiger partial charge in [-0.1, -0.05) is 48.0 Å². The average molecular weight is 523 g/mol. The molecular weight excluding hydrogens is 496 g/mol. The molecule has 2 heterocycles. The number of halogens is 1. The maximum absolute atomic E-state index is 13.4. The first-order valence-electron chi connectivity index (χ1n) is 11.4. The van der Waals surface area contributed by atoms with Gasteiger partial charge in [0.2, 0.25) is 0 Å². The fourth-order valence-corrected chi connectivity index (χ4v) is 4.42. The summed E-state index contributed by atoms with van der Waals surface area (Å²) in [5.41, 5.74) is 3.05. The maximum atomic E-state index is 13.4. The van der Waals surface area contributed by atoms with Crippen LogP contribution in [0.3, 0.4) is 0 Å². The molecule has 0 aliphatic rings. The zero-order valence-electron chi connectivity index (χ0n) is 19.7. The first-order valence-corrected chi connectivity index (χ1v) is 12.1. The van der Waals surface area contributed by atoms with Gasteiger partial charge in [0, 0.05) is 32.6 Å². The summed E-state index contributed by atoms with van der Waals surface area (Å²) in [6.45, 7) is 8.27. The Kier molecular flexibility index (Phi) is 6.97. The summed E-state index contributed by atoms with van der Waals surface area (Å²) in [4.78, 5) is 30.4. The van der Waals surface area contributed by atoms with Gasteiger partial charge in [0.1, 0.15) is 12.4 Å². The second-order valence-corrected chi connectivity index (χ2v) is 9.13. The molecule has 0 bridgehead atoms. The lowest BCUT2D eigenvalue weighted by molar-refractivity contribution is -0.143. The number of nitrogens with zero attached hydrogens (tertiary/aromatic N) is 4. The number of carbonyl (C=O) groups excluding carboxylic acids is 1. The van der Waals surface area contributed by atoms with E-state index >= 15 is 0 Å². The van der Waals surface area contributed by atoms with Crippen LogP contribution in [0.1, 0.15) is 50.2 Å². The quantitative estimate of drug-likeness (QED) is 0.241. The lowest BCUT2D eigenvalue weighted by Gasteiger charge is -2.14. The summed E-state index contributed by atoms with van der Waals surface area (Å²) in [6.07, 6.45) is 2.51. The first kappa shape index (κ1) is 23.9. The third-order valence-corrected chi connectivity index (χ3v) is 6.55. The lowest BCUT2D eigenvalue weighted by Crippen LogP contribution is -2.23. The standard InChI is InChI=1S/C26H27BrN4O3/c1-5-16(3)25-29-22-12-11-18(27)13-20(22)26(33)31(25)28-14-21-17(4)30(15-24(32)34-6-2)23-10-8-7-9-19(21)23/h7-14,16H,5-6,15H2,1-4H3/t16-/m1/s1. The minimum atomic E-state index is -0.297. The van der Waals surface area contributed by atoms with Gasteiger partial charge in [-0.25, -0.2) is 4.98 Å². The Balaban J connectivity index is 1.89. The van der Waals surface area contributed by atoms with E-state index in [1.54, 1.807) is 19.2 Å². The zero-order valence-corrected chi connectivity index (χ0v) is 21.3. The van der Waals surface area contributed by atoms with E-state index in [4.69, 9.17) is 9.72 Å². The van der Waals surface area contributed by atoms with Crippen LogP contribution < -0.4 is 5.56 Å². The number of rotatable bonds is 7. The number of fused-ring (bicyclic) bond motifs is 2. The van der Waals surface area contributed by atoms with Crippen LogP contribution >= 0.6 is 15.9 Å². The Hall–Kier alpha value is -3.26. The fourth-order valence-electron chi connectivity index (χ4n) is 4.05. The SMILES string of the molecule is CCOC(=O)Cn1c(C)c(C=Nn2c([C@H](C)CC)nc3ccc(Br)cc3c2=O)c2ccccc21. The predicted molar refractivity (Wildman–Crippen MR) is 139 cm³/mol. The Bertz CT molecular complexity index is 1470. The monoisotopic (exact) mass is 522 g/mol. The second-order valence-electron chi connectivity index (χ2n) is 8.21. The number of para-hydroxylation sites is 1. The summed E-state index contributed by atoms with van der Waals surface area (Å²) in [6, 6.07) is 13.3. The van der Waals surface area contributed by atoms with Crippen molar-refractivity contribution in [1.29, 1.82) is 0 Å². The molecular formula is C26H27BrN4O3. The molecule has 0 unspecified atom stereocenters. The smallest absolute Gasteiger partial charge is 0.325 e. The number of esters is 1. The van der Waals surface area contributed by atoms with Crippen LogP contribution in [-0.4, -0.2) is 33.0 Å². The van der Waals surface area contributed by atoms with Gasteiger partial charge in [-0.15, -0.1) is 0 Å². The summed E-state index contributed by atoms with van der Waals surface area (Å²) >= 11 is 3.44. The molecule has 176 valence electrons. The highest BCUT2D eigenvalue weighted by Crippen LogP contribution is 2.25. The van der Waals surface area contributed by atoms with Crippen LogP contribution in [-0.2, 0) is 16.1 Å². The molecule has 0 saturated carbocycles.